The van der Waals surface area contributed by atoms with Gasteiger partial charge in [-0.1, -0.05) is 13.0 Å². The zero-order chi connectivity index (χ0) is 24.8. The normalized spacial score (nSPS) is 59.4. The molecule has 0 radical (unpaired) electrons. The van der Waals surface area contributed by atoms with Crippen LogP contribution in [0.25, 0.3) is 0 Å². The van der Waals surface area contributed by atoms with Crippen molar-refractivity contribution in [3.8, 4) is 0 Å². The van der Waals surface area contributed by atoms with Crippen LogP contribution >= 0.6 is 0 Å². The third kappa shape index (κ3) is 2.27. The zero-order valence-electron chi connectivity index (χ0n) is 20.0. The molecule has 8 rings (SSSR count). The second-order valence-corrected chi connectivity index (χ2v) is 12.8. The molecular formula is C27H32F2O6. The molecule has 7 fully saturated rings. The molecular weight excluding hydrogens is 458 g/mol. The maximum Gasteiger partial charge on any atom is 0.193 e. The molecule has 1 saturated heterocycles. The summed E-state index contributed by atoms with van der Waals surface area (Å²) in [5.41, 5.74) is -6.27. The Morgan fingerprint density at radius 3 is 2.51 bits per heavy atom. The van der Waals surface area contributed by atoms with Crippen LogP contribution in [0.15, 0.2) is 23.8 Å². The smallest absolute Gasteiger partial charge is 0.193 e. The lowest BCUT2D eigenvalue weighted by Gasteiger charge is -2.65. The second-order valence-electron chi connectivity index (χ2n) is 12.8. The predicted octanol–water partition coefficient (Wildman–Crippen LogP) is 2.76. The monoisotopic (exact) mass is 490 g/mol. The predicted molar refractivity (Wildman–Crippen MR) is 118 cm³/mol. The fourth-order valence-corrected chi connectivity index (χ4v) is 9.67. The van der Waals surface area contributed by atoms with Gasteiger partial charge >= 0.3 is 0 Å². The highest BCUT2D eigenvalue weighted by Crippen LogP contribution is 2.75. The highest BCUT2D eigenvalue weighted by Gasteiger charge is 2.81. The summed E-state index contributed by atoms with van der Waals surface area (Å²) in [6, 6.07) is 0. The number of carbonyl (C=O) groups excluding carboxylic acids is 2. The molecule has 0 amide bonds. The fourth-order valence-electron chi connectivity index (χ4n) is 9.67. The Bertz CT molecular complexity index is 1090. The van der Waals surface area contributed by atoms with E-state index in [0.717, 1.165) is 19.3 Å². The summed E-state index contributed by atoms with van der Waals surface area (Å²) in [5.74, 6) is -1.64. The number of alkyl halides is 2. The highest BCUT2D eigenvalue weighted by molar-refractivity contribution is 6.01. The van der Waals surface area contributed by atoms with Gasteiger partial charge in [-0.3, -0.25) is 9.59 Å². The molecule has 6 saturated carbocycles. The van der Waals surface area contributed by atoms with Crippen molar-refractivity contribution in [1.29, 1.82) is 0 Å². The quantitative estimate of drug-likeness (QED) is 0.632. The molecule has 8 heteroatoms. The number of carbonyl (C=O) groups is 2. The number of aliphatic hydroxyl groups is 2. The molecule has 1 heterocycles. The van der Waals surface area contributed by atoms with E-state index in [-0.39, 0.29) is 29.6 Å². The molecule has 1 aliphatic heterocycles. The Labute approximate surface area is 202 Å². The molecule has 35 heavy (non-hydrogen) atoms. The van der Waals surface area contributed by atoms with E-state index in [1.54, 1.807) is 6.92 Å². The number of hydrogen-bond acceptors (Lipinski definition) is 6. The molecule has 2 bridgehead atoms. The molecule has 0 aromatic heterocycles. The Morgan fingerprint density at radius 1 is 1.17 bits per heavy atom. The maximum atomic E-state index is 17.3. The molecule has 0 aromatic rings. The number of rotatable bonds is 3. The van der Waals surface area contributed by atoms with Gasteiger partial charge in [0.2, 0.25) is 0 Å². The van der Waals surface area contributed by atoms with E-state index in [1.165, 1.54) is 18.2 Å². The highest BCUT2D eigenvalue weighted by atomic mass is 19.1. The maximum absolute atomic E-state index is 17.3. The van der Waals surface area contributed by atoms with Crippen molar-refractivity contribution in [1.82, 2.24) is 0 Å². The first-order valence-electron chi connectivity index (χ1n) is 12.9. The van der Waals surface area contributed by atoms with Crippen molar-refractivity contribution in [3.63, 3.8) is 0 Å². The van der Waals surface area contributed by atoms with Crippen LogP contribution in [0.5, 0.6) is 0 Å². The molecule has 0 aromatic carbocycles. The molecule has 2 N–H and O–H groups in total. The van der Waals surface area contributed by atoms with Gasteiger partial charge in [0.05, 0.1) is 12.2 Å². The number of fused-ring (bicyclic) bond motifs is 7. The van der Waals surface area contributed by atoms with Crippen molar-refractivity contribution < 1.29 is 38.1 Å². The number of ether oxygens (including phenoxy) is 2. The van der Waals surface area contributed by atoms with Gasteiger partial charge in [-0.2, -0.15) is 0 Å². The van der Waals surface area contributed by atoms with E-state index < -0.39 is 71.0 Å². The summed E-state index contributed by atoms with van der Waals surface area (Å²) >= 11 is 0. The van der Waals surface area contributed by atoms with Crippen molar-refractivity contribution in [2.75, 3.05) is 6.61 Å². The Morgan fingerprint density at radius 2 is 1.89 bits per heavy atom. The number of ketones is 2. The van der Waals surface area contributed by atoms with Crippen molar-refractivity contribution in [3.05, 3.63) is 23.8 Å². The number of allylic oxidation sites excluding steroid dienone is 4. The lowest BCUT2D eigenvalue weighted by Crippen LogP contribution is -2.71. The summed E-state index contributed by atoms with van der Waals surface area (Å²) in [4.78, 5) is 25.4. The first-order chi connectivity index (χ1) is 16.4. The topological polar surface area (TPSA) is 93.1 Å². The van der Waals surface area contributed by atoms with Crippen LogP contribution < -0.4 is 0 Å². The molecule has 7 aliphatic carbocycles. The van der Waals surface area contributed by atoms with Crippen LogP contribution in [0, 0.1) is 34.0 Å². The summed E-state index contributed by atoms with van der Waals surface area (Å²) < 4.78 is 45.9. The molecule has 0 spiro atoms. The third-order valence-corrected chi connectivity index (χ3v) is 11.5. The average molecular weight is 491 g/mol. The van der Waals surface area contributed by atoms with Crippen molar-refractivity contribution >= 4 is 11.6 Å². The number of aliphatic hydroxyl groups excluding tert-OH is 2. The third-order valence-electron chi connectivity index (χ3n) is 11.5. The van der Waals surface area contributed by atoms with Crippen molar-refractivity contribution in [2.45, 2.75) is 88.3 Å². The van der Waals surface area contributed by atoms with Gasteiger partial charge in [-0.25, -0.2) is 8.78 Å². The van der Waals surface area contributed by atoms with Gasteiger partial charge < -0.3 is 19.7 Å². The average Bonchev–Trinajstić information content (AvgIpc) is 3.22. The Hall–Kier alpha value is -1.48. The molecule has 0 unspecified atom stereocenters. The van der Waals surface area contributed by atoms with Gasteiger partial charge in [-0.05, 0) is 75.0 Å². The second kappa shape index (κ2) is 6.50. The first-order valence-corrected chi connectivity index (χ1v) is 12.9. The standard InChI is InChI=1S/C27H32F2O6/c1-23-4-3-14(31)5-17(23)18(28)6-16-15-7-21-27(20(33)12-30,24(15,2)11-19(32)26(16,23)29)35-22(34-21)25-8-13(9-25)10-25/h3-5,13,15-16,18-19,21-22,30,32H,6-12H2,1-2H3/t13?,15-,16-,18-,19-,21+,22+,23-,24-,25?,26-,27+/m0/s1. The van der Waals surface area contributed by atoms with Gasteiger partial charge in [0.15, 0.2) is 29.1 Å². The van der Waals surface area contributed by atoms with E-state index in [1.807, 2.05) is 6.92 Å². The SMILES string of the molecule is C[C@]12C=CC(=O)C=C1[C@@H](F)C[C@H]1[C@@H]3C[C@H]4O[C@@H](C56CC(C5)C6)O[C@@]4(C(=O)CO)[C@@]3(C)C[C@H](O)[C@@]12F. The van der Waals surface area contributed by atoms with Gasteiger partial charge in [0.25, 0.3) is 0 Å². The molecule has 6 nitrogen and oxygen atoms in total. The van der Waals surface area contributed by atoms with Gasteiger partial charge in [0.1, 0.15) is 12.8 Å². The zero-order valence-corrected chi connectivity index (χ0v) is 20.0. The minimum atomic E-state index is -2.22. The van der Waals surface area contributed by atoms with Crippen LogP contribution in [0.1, 0.15) is 52.4 Å². The van der Waals surface area contributed by atoms with Crippen LogP contribution in [0.2, 0.25) is 0 Å². The van der Waals surface area contributed by atoms with Crippen molar-refractivity contribution in [2.24, 2.45) is 34.0 Å². The lowest BCUT2D eigenvalue weighted by molar-refractivity contribution is -0.291. The lowest BCUT2D eigenvalue weighted by atomic mass is 9.43. The van der Waals surface area contributed by atoms with E-state index >= 15 is 8.78 Å². The number of hydrogen-bond donors (Lipinski definition) is 2. The first kappa shape index (κ1) is 22.7. The van der Waals surface area contributed by atoms with E-state index in [2.05, 4.69) is 0 Å². The summed E-state index contributed by atoms with van der Waals surface area (Å²) in [6.45, 7) is 2.64. The molecule has 190 valence electrons. The molecule has 8 aliphatic rings. The van der Waals surface area contributed by atoms with E-state index in [0.29, 0.717) is 12.3 Å². The van der Waals surface area contributed by atoms with Crippen LogP contribution in [0.3, 0.4) is 0 Å². The number of Topliss-reactive ketones (excluding diaryl/α,β-unsaturated/α-hetero) is 1. The minimum absolute atomic E-state index is 0.0712. The van der Waals surface area contributed by atoms with Gasteiger partial charge in [-0.15, -0.1) is 0 Å². The summed E-state index contributed by atoms with van der Waals surface area (Å²) in [7, 11) is 0. The Kier molecular flexibility index (Phi) is 4.21. The van der Waals surface area contributed by atoms with Crippen LogP contribution in [-0.4, -0.2) is 64.3 Å². The summed E-state index contributed by atoms with van der Waals surface area (Å²) in [5, 5.41) is 21.5. The van der Waals surface area contributed by atoms with Gasteiger partial charge in [0, 0.05) is 22.2 Å². The van der Waals surface area contributed by atoms with Crippen LogP contribution in [-0.2, 0) is 19.1 Å². The van der Waals surface area contributed by atoms with E-state index in [4.69, 9.17) is 9.47 Å². The van der Waals surface area contributed by atoms with E-state index in [9.17, 15) is 19.8 Å². The fraction of sp³-hybridized carbons (Fsp3) is 0.778. The molecule has 10 atom stereocenters. The number of halogens is 2. The largest absolute Gasteiger partial charge is 0.390 e. The Balaban J connectivity index is 1.32. The minimum Gasteiger partial charge on any atom is -0.390 e. The summed E-state index contributed by atoms with van der Waals surface area (Å²) in [6.07, 6.45) is 2.53. The van der Waals surface area contributed by atoms with Crippen LogP contribution in [0.4, 0.5) is 8.78 Å².